The largest absolute Gasteiger partial charge is 0.494 e. The van der Waals surface area contributed by atoms with E-state index >= 15 is 0 Å². The van der Waals surface area contributed by atoms with E-state index in [9.17, 15) is 13.5 Å². The molecule has 1 aromatic rings. The molecule has 20 heavy (non-hydrogen) atoms. The van der Waals surface area contributed by atoms with Crippen LogP contribution in [0.3, 0.4) is 0 Å². The van der Waals surface area contributed by atoms with Crippen LogP contribution >= 0.6 is 0 Å². The molecule has 0 aliphatic carbocycles. The van der Waals surface area contributed by atoms with Crippen LogP contribution in [0.4, 0.5) is 0 Å². The molecule has 2 atom stereocenters. The molecule has 1 rings (SSSR count). The van der Waals surface area contributed by atoms with Gasteiger partial charge in [-0.05, 0) is 57.9 Å². The summed E-state index contributed by atoms with van der Waals surface area (Å²) in [5.41, 5.74) is 0.776. The fraction of sp³-hybridized carbons (Fsp3) is 0.571. The molecule has 2 N–H and O–H groups in total. The molecular formula is C14H23NO4S. The zero-order chi connectivity index (χ0) is 15.3. The summed E-state index contributed by atoms with van der Waals surface area (Å²) in [4.78, 5) is 0.205. The van der Waals surface area contributed by atoms with Gasteiger partial charge in [0, 0.05) is 6.04 Å². The first-order valence-corrected chi connectivity index (χ1v) is 8.18. The number of aryl methyl sites for hydroxylation is 1. The number of sulfonamides is 1. The van der Waals surface area contributed by atoms with Gasteiger partial charge in [-0.25, -0.2) is 13.1 Å². The van der Waals surface area contributed by atoms with Crippen LogP contribution in [0.1, 0.15) is 32.8 Å². The predicted octanol–water partition coefficient (Wildman–Crippen LogP) is 1.83. The van der Waals surface area contributed by atoms with E-state index in [4.69, 9.17) is 4.74 Å². The fourth-order valence-corrected chi connectivity index (χ4v) is 3.34. The molecular weight excluding hydrogens is 278 g/mol. The average Bonchev–Trinajstić information content (AvgIpc) is 2.29. The Bertz CT molecular complexity index is 540. The van der Waals surface area contributed by atoms with Gasteiger partial charge in [-0.1, -0.05) is 0 Å². The summed E-state index contributed by atoms with van der Waals surface area (Å²) in [6, 6.07) is 4.44. The van der Waals surface area contributed by atoms with Crippen molar-refractivity contribution in [2.45, 2.75) is 51.2 Å². The van der Waals surface area contributed by atoms with Crippen molar-refractivity contribution in [3.8, 4) is 5.75 Å². The van der Waals surface area contributed by atoms with Gasteiger partial charge >= 0.3 is 0 Å². The van der Waals surface area contributed by atoms with Crippen molar-refractivity contribution in [1.82, 2.24) is 4.72 Å². The highest BCUT2D eigenvalue weighted by Crippen LogP contribution is 2.22. The summed E-state index contributed by atoms with van der Waals surface area (Å²) >= 11 is 0. The van der Waals surface area contributed by atoms with Crippen molar-refractivity contribution in [3.63, 3.8) is 0 Å². The maximum Gasteiger partial charge on any atom is 0.240 e. The maximum atomic E-state index is 12.2. The minimum absolute atomic E-state index is 0.205. The molecule has 0 saturated heterocycles. The fourth-order valence-electron chi connectivity index (χ4n) is 2.00. The highest BCUT2D eigenvalue weighted by atomic mass is 32.2. The van der Waals surface area contributed by atoms with E-state index in [-0.39, 0.29) is 10.9 Å². The number of ether oxygens (including phenoxy) is 1. The van der Waals surface area contributed by atoms with E-state index in [1.165, 1.54) is 6.07 Å². The first-order valence-electron chi connectivity index (χ1n) is 6.70. The molecule has 114 valence electrons. The number of hydrogen-bond acceptors (Lipinski definition) is 4. The number of aliphatic hydroxyl groups is 1. The van der Waals surface area contributed by atoms with Crippen LogP contribution in [0.2, 0.25) is 0 Å². The lowest BCUT2D eigenvalue weighted by molar-refractivity contribution is 0.175. The third-order valence-electron chi connectivity index (χ3n) is 2.81. The summed E-state index contributed by atoms with van der Waals surface area (Å²) in [7, 11) is -3.58. The first-order chi connectivity index (χ1) is 9.26. The third-order valence-corrected chi connectivity index (χ3v) is 4.39. The zero-order valence-electron chi connectivity index (χ0n) is 12.4. The van der Waals surface area contributed by atoms with E-state index in [2.05, 4.69) is 4.72 Å². The van der Waals surface area contributed by atoms with Crippen molar-refractivity contribution in [3.05, 3.63) is 23.8 Å². The van der Waals surface area contributed by atoms with Crippen LogP contribution < -0.4 is 9.46 Å². The molecule has 0 fully saturated rings. The molecule has 0 amide bonds. The Balaban J connectivity index is 2.90. The second-order valence-corrected chi connectivity index (χ2v) is 6.68. The van der Waals surface area contributed by atoms with Gasteiger partial charge in [0.15, 0.2) is 0 Å². The van der Waals surface area contributed by atoms with Crippen LogP contribution in [0.25, 0.3) is 0 Å². The molecule has 0 saturated carbocycles. The Kier molecular flexibility index (Phi) is 5.98. The number of aliphatic hydroxyl groups excluding tert-OH is 1. The summed E-state index contributed by atoms with van der Waals surface area (Å²) in [5.74, 6) is 0.684. The van der Waals surface area contributed by atoms with Crippen molar-refractivity contribution in [2.24, 2.45) is 0 Å². The normalized spacial score (nSPS) is 14.8. The van der Waals surface area contributed by atoms with Crippen LogP contribution in [0, 0.1) is 6.92 Å². The summed E-state index contributed by atoms with van der Waals surface area (Å²) in [6.07, 6.45) is -0.176. The molecule has 0 aromatic heterocycles. The summed E-state index contributed by atoms with van der Waals surface area (Å²) < 4.78 is 32.4. The SMILES string of the molecule is CCOc1ccc(S(=O)(=O)NC(C)CC(C)O)cc1C. The lowest BCUT2D eigenvalue weighted by atomic mass is 10.2. The number of hydrogen-bond donors (Lipinski definition) is 2. The van der Waals surface area contributed by atoms with Gasteiger partial charge in [-0.3, -0.25) is 0 Å². The second kappa shape index (κ2) is 7.06. The van der Waals surface area contributed by atoms with Gasteiger partial charge in [0.25, 0.3) is 0 Å². The molecule has 0 bridgehead atoms. The molecule has 0 spiro atoms. The van der Waals surface area contributed by atoms with E-state index in [0.29, 0.717) is 18.8 Å². The second-order valence-electron chi connectivity index (χ2n) is 4.97. The lowest BCUT2D eigenvalue weighted by Gasteiger charge is -2.16. The lowest BCUT2D eigenvalue weighted by Crippen LogP contribution is -2.34. The Morgan fingerprint density at radius 3 is 2.50 bits per heavy atom. The van der Waals surface area contributed by atoms with Gasteiger partial charge in [0.05, 0.1) is 17.6 Å². The van der Waals surface area contributed by atoms with Gasteiger partial charge < -0.3 is 9.84 Å². The molecule has 1 aromatic carbocycles. The van der Waals surface area contributed by atoms with Gasteiger partial charge in [-0.2, -0.15) is 0 Å². The highest BCUT2D eigenvalue weighted by molar-refractivity contribution is 7.89. The molecule has 6 heteroatoms. The third kappa shape index (κ3) is 4.77. The standard InChI is InChI=1S/C14H23NO4S/c1-5-19-14-7-6-13(8-10(14)2)20(17,18)15-11(3)9-12(4)16/h6-8,11-12,15-16H,5,9H2,1-4H3. The van der Waals surface area contributed by atoms with E-state index < -0.39 is 16.1 Å². The highest BCUT2D eigenvalue weighted by Gasteiger charge is 2.19. The Morgan fingerprint density at radius 2 is 2.00 bits per heavy atom. The average molecular weight is 301 g/mol. The monoisotopic (exact) mass is 301 g/mol. The van der Waals surface area contributed by atoms with Crippen molar-refractivity contribution in [1.29, 1.82) is 0 Å². The molecule has 0 heterocycles. The molecule has 5 nitrogen and oxygen atoms in total. The topological polar surface area (TPSA) is 75.6 Å². The number of nitrogens with one attached hydrogen (secondary N) is 1. The molecule has 0 radical (unpaired) electrons. The smallest absolute Gasteiger partial charge is 0.240 e. The number of rotatable bonds is 7. The quantitative estimate of drug-likeness (QED) is 0.805. The summed E-state index contributed by atoms with van der Waals surface area (Å²) in [5, 5.41) is 9.28. The van der Waals surface area contributed by atoms with Crippen molar-refractivity contribution in [2.75, 3.05) is 6.61 Å². The van der Waals surface area contributed by atoms with Gasteiger partial charge in [0.1, 0.15) is 5.75 Å². The van der Waals surface area contributed by atoms with Crippen LogP contribution in [-0.4, -0.2) is 32.3 Å². The Labute approximate surface area is 121 Å². The molecule has 0 aliphatic rings. The van der Waals surface area contributed by atoms with Crippen LogP contribution in [-0.2, 0) is 10.0 Å². The van der Waals surface area contributed by atoms with E-state index in [1.54, 1.807) is 26.0 Å². The van der Waals surface area contributed by atoms with Crippen LogP contribution in [0.15, 0.2) is 23.1 Å². The van der Waals surface area contributed by atoms with Crippen molar-refractivity contribution < 1.29 is 18.3 Å². The Morgan fingerprint density at radius 1 is 1.35 bits per heavy atom. The molecule has 0 aliphatic heterocycles. The maximum absolute atomic E-state index is 12.2. The summed E-state index contributed by atoms with van der Waals surface area (Å²) in [6.45, 7) is 7.58. The molecule has 2 unspecified atom stereocenters. The number of benzene rings is 1. The minimum atomic E-state index is -3.58. The zero-order valence-corrected chi connectivity index (χ0v) is 13.2. The van der Waals surface area contributed by atoms with Gasteiger partial charge in [0.2, 0.25) is 10.0 Å². The first kappa shape index (κ1) is 16.9. The van der Waals surface area contributed by atoms with E-state index in [1.807, 2.05) is 13.8 Å². The van der Waals surface area contributed by atoms with Crippen LogP contribution in [0.5, 0.6) is 5.75 Å². The minimum Gasteiger partial charge on any atom is -0.494 e. The van der Waals surface area contributed by atoms with E-state index in [0.717, 1.165) is 5.56 Å². The predicted molar refractivity (Wildman–Crippen MR) is 78.4 cm³/mol. The van der Waals surface area contributed by atoms with Gasteiger partial charge in [-0.15, -0.1) is 0 Å². The Hall–Kier alpha value is -1.11. The van der Waals surface area contributed by atoms with Crippen molar-refractivity contribution >= 4 is 10.0 Å².